The van der Waals surface area contributed by atoms with E-state index in [2.05, 4.69) is 31.4 Å². The average molecular weight is 411 g/mol. The fraction of sp³-hybridized carbons (Fsp3) is 0.826. The Labute approximate surface area is 176 Å². The summed E-state index contributed by atoms with van der Waals surface area (Å²) in [7, 11) is 0. The smallest absolute Gasteiger partial charge is 0.407 e. The molecular weight excluding hydrogens is 368 g/mol. The summed E-state index contributed by atoms with van der Waals surface area (Å²) in [6.07, 6.45) is 8.07. The number of ether oxygens (including phenoxy) is 1. The molecule has 3 N–H and O–H groups in total. The lowest BCUT2D eigenvalue weighted by atomic mass is 9.84. The number of unbranched alkanes of at least 4 members (excludes halogenated alkanes) is 1. The second kappa shape index (κ2) is 11.7. The second-order valence-electron chi connectivity index (χ2n) is 10.2. The first-order valence-electron chi connectivity index (χ1n) is 11.0. The van der Waals surface area contributed by atoms with E-state index in [1.807, 2.05) is 32.9 Å². The van der Waals surface area contributed by atoms with Crippen LogP contribution in [0.1, 0.15) is 86.5 Å². The van der Waals surface area contributed by atoms with Crippen molar-refractivity contribution >= 4 is 11.9 Å². The molecule has 6 heteroatoms. The Kier molecular flexibility index (Phi) is 10.3. The number of aliphatic hydroxyl groups is 1. The van der Waals surface area contributed by atoms with Crippen molar-refractivity contribution in [1.82, 2.24) is 10.6 Å². The molecule has 0 aliphatic heterocycles. The van der Waals surface area contributed by atoms with E-state index in [0.717, 1.165) is 32.1 Å². The molecule has 0 aromatic rings. The predicted octanol–water partition coefficient (Wildman–Crippen LogP) is 4.11. The van der Waals surface area contributed by atoms with Gasteiger partial charge < -0.3 is 20.5 Å². The van der Waals surface area contributed by atoms with Crippen molar-refractivity contribution in [3.8, 4) is 0 Å². The summed E-state index contributed by atoms with van der Waals surface area (Å²) in [4.78, 5) is 24.8. The third kappa shape index (κ3) is 11.4. The fourth-order valence-electron chi connectivity index (χ4n) is 3.39. The van der Waals surface area contributed by atoms with Crippen LogP contribution in [-0.2, 0) is 9.53 Å². The van der Waals surface area contributed by atoms with E-state index in [9.17, 15) is 14.7 Å². The van der Waals surface area contributed by atoms with E-state index in [-0.39, 0.29) is 35.0 Å². The zero-order valence-electron chi connectivity index (χ0n) is 19.2. The lowest BCUT2D eigenvalue weighted by Gasteiger charge is -2.31. The van der Waals surface area contributed by atoms with Gasteiger partial charge in [0.25, 0.3) is 0 Å². The molecule has 0 spiro atoms. The van der Waals surface area contributed by atoms with Crippen molar-refractivity contribution in [1.29, 1.82) is 0 Å². The van der Waals surface area contributed by atoms with E-state index < -0.39 is 6.09 Å². The van der Waals surface area contributed by atoms with E-state index >= 15 is 0 Å². The average Bonchev–Trinajstić information content (AvgIpc) is 2.57. The first-order valence-corrected chi connectivity index (χ1v) is 11.0. The third-order valence-corrected chi connectivity index (χ3v) is 4.91. The molecule has 1 aliphatic carbocycles. The molecule has 0 fully saturated rings. The van der Waals surface area contributed by atoms with E-state index in [4.69, 9.17) is 4.74 Å². The van der Waals surface area contributed by atoms with Crippen LogP contribution in [0.5, 0.6) is 0 Å². The zero-order chi connectivity index (χ0) is 22.1. The predicted molar refractivity (Wildman–Crippen MR) is 117 cm³/mol. The molecule has 3 atom stereocenters. The highest BCUT2D eigenvalue weighted by atomic mass is 16.6. The molecule has 6 nitrogen and oxygen atoms in total. The van der Waals surface area contributed by atoms with Gasteiger partial charge in [0, 0.05) is 17.5 Å². The summed E-state index contributed by atoms with van der Waals surface area (Å²) in [5, 5.41) is 16.0. The number of rotatable bonds is 8. The summed E-state index contributed by atoms with van der Waals surface area (Å²) in [5.74, 6) is 0.220. The standard InChI is InChI=1S/C23H42N2O4/c1-22(2,3)20(27)19(25-23(4,5)6)13-9-10-16-24-21(28)29-18-12-8-7-11-17(26)14-15-18/h8,12,17-19,25-26H,7,9-11,13-16H2,1-6H3,(H,24,28)/b12-8+/t17-,18-,19-/m1/s1. The minimum atomic E-state index is -0.426. The van der Waals surface area contributed by atoms with Gasteiger partial charge in [0.2, 0.25) is 0 Å². The third-order valence-electron chi connectivity index (χ3n) is 4.91. The lowest BCUT2D eigenvalue weighted by Crippen LogP contribution is -2.50. The van der Waals surface area contributed by atoms with Gasteiger partial charge in [-0.05, 0) is 71.8 Å². The summed E-state index contributed by atoms with van der Waals surface area (Å²) < 4.78 is 5.44. The normalized spacial score (nSPS) is 22.9. The van der Waals surface area contributed by atoms with Gasteiger partial charge in [0.05, 0.1) is 12.1 Å². The maximum atomic E-state index is 12.7. The number of hydrogen-bond donors (Lipinski definition) is 3. The number of carbonyl (C=O) groups excluding carboxylic acids is 2. The maximum absolute atomic E-state index is 12.7. The molecule has 1 aliphatic rings. The highest BCUT2D eigenvalue weighted by Crippen LogP contribution is 2.21. The minimum absolute atomic E-state index is 0.133. The first-order chi connectivity index (χ1) is 13.4. The quantitative estimate of drug-likeness (QED) is 0.414. The molecule has 29 heavy (non-hydrogen) atoms. The van der Waals surface area contributed by atoms with Gasteiger partial charge in [0.1, 0.15) is 6.10 Å². The van der Waals surface area contributed by atoms with Gasteiger partial charge in [-0.1, -0.05) is 26.8 Å². The number of aliphatic hydroxyl groups excluding tert-OH is 1. The summed E-state index contributed by atoms with van der Waals surface area (Å²) in [6, 6.07) is -0.187. The van der Waals surface area contributed by atoms with E-state index in [1.165, 1.54) is 0 Å². The van der Waals surface area contributed by atoms with Gasteiger partial charge >= 0.3 is 6.09 Å². The van der Waals surface area contributed by atoms with E-state index in [1.54, 1.807) is 0 Å². The van der Waals surface area contributed by atoms with Crippen molar-refractivity contribution < 1.29 is 19.4 Å². The number of allylic oxidation sites excluding steroid dienone is 1. The SMILES string of the molecule is CC(C)(C)N[C@H](CCCCNC(=O)O[C@@H]1/C=C/CC[C@@H](O)CC1)C(=O)C(C)(C)C. The fourth-order valence-corrected chi connectivity index (χ4v) is 3.39. The number of ketones is 1. The Hall–Kier alpha value is -1.40. The Balaban J connectivity index is 2.36. The van der Waals surface area contributed by atoms with Crippen LogP contribution < -0.4 is 10.6 Å². The molecule has 0 aromatic carbocycles. The molecule has 0 saturated heterocycles. The molecule has 0 heterocycles. The van der Waals surface area contributed by atoms with Crippen molar-refractivity contribution in [2.24, 2.45) is 5.41 Å². The molecular formula is C23H42N2O4. The van der Waals surface area contributed by atoms with Crippen LogP contribution in [0.3, 0.4) is 0 Å². The minimum Gasteiger partial charge on any atom is -0.442 e. The monoisotopic (exact) mass is 410 g/mol. The number of carbonyl (C=O) groups is 2. The molecule has 0 aromatic heterocycles. The number of alkyl carbamates (subject to hydrolysis) is 1. The van der Waals surface area contributed by atoms with Gasteiger partial charge in [-0.25, -0.2) is 4.79 Å². The molecule has 0 unspecified atom stereocenters. The molecule has 1 amide bonds. The van der Waals surface area contributed by atoms with Crippen molar-refractivity contribution in [3.63, 3.8) is 0 Å². The molecule has 0 bridgehead atoms. The van der Waals surface area contributed by atoms with Crippen LogP contribution in [0, 0.1) is 5.41 Å². The number of amides is 1. The second-order valence-corrected chi connectivity index (χ2v) is 10.2. The Morgan fingerprint density at radius 2 is 1.79 bits per heavy atom. The topological polar surface area (TPSA) is 87.7 Å². The van der Waals surface area contributed by atoms with Crippen LogP contribution in [-0.4, -0.2) is 47.3 Å². The first kappa shape index (κ1) is 25.6. The van der Waals surface area contributed by atoms with Crippen LogP contribution in [0.4, 0.5) is 4.79 Å². The Bertz CT molecular complexity index is 546. The Morgan fingerprint density at radius 1 is 1.10 bits per heavy atom. The van der Waals surface area contributed by atoms with Gasteiger partial charge in [-0.2, -0.15) is 0 Å². The summed E-state index contributed by atoms with van der Waals surface area (Å²) in [5.41, 5.74) is -0.518. The number of nitrogens with one attached hydrogen (secondary N) is 2. The van der Waals surface area contributed by atoms with Crippen molar-refractivity contribution in [2.45, 2.75) is 110 Å². The zero-order valence-corrected chi connectivity index (χ0v) is 19.2. The van der Waals surface area contributed by atoms with Gasteiger partial charge in [-0.3, -0.25) is 4.79 Å². The lowest BCUT2D eigenvalue weighted by molar-refractivity contribution is -0.129. The van der Waals surface area contributed by atoms with Crippen LogP contribution in [0.15, 0.2) is 12.2 Å². The van der Waals surface area contributed by atoms with E-state index in [0.29, 0.717) is 19.4 Å². The van der Waals surface area contributed by atoms with Gasteiger partial charge in [0.15, 0.2) is 5.78 Å². The highest BCUT2D eigenvalue weighted by Gasteiger charge is 2.31. The Morgan fingerprint density at radius 3 is 2.41 bits per heavy atom. The molecule has 168 valence electrons. The molecule has 1 rings (SSSR count). The van der Waals surface area contributed by atoms with Crippen LogP contribution >= 0.6 is 0 Å². The van der Waals surface area contributed by atoms with Crippen LogP contribution in [0.2, 0.25) is 0 Å². The highest BCUT2D eigenvalue weighted by molar-refractivity contribution is 5.88. The van der Waals surface area contributed by atoms with Gasteiger partial charge in [-0.15, -0.1) is 0 Å². The van der Waals surface area contributed by atoms with Crippen LogP contribution in [0.25, 0.3) is 0 Å². The summed E-state index contributed by atoms with van der Waals surface area (Å²) >= 11 is 0. The number of Topliss-reactive ketones (excluding diaryl/α,β-unsaturated/α-hetero) is 1. The molecule has 0 saturated carbocycles. The summed E-state index contributed by atoms with van der Waals surface area (Å²) in [6.45, 7) is 12.6. The van der Waals surface area contributed by atoms with Crippen molar-refractivity contribution in [3.05, 3.63) is 12.2 Å². The van der Waals surface area contributed by atoms with Crippen molar-refractivity contribution in [2.75, 3.05) is 6.54 Å². The maximum Gasteiger partial charge on any atom is 0.407 e. The molecule has 0 radical (unpaired) electrons. The number of hydrogen-bond acceptors (Lipinski definition) is 5. The largest absolute Gasteiger partial charge is 0.442 e.